The average Bonchev–Trinajstić information content (AvgIpc) is 2.47. The molecule has 0 atom stereocenters. The van der Waals surface area contributed by atoms with Crippen molar-refractivity contribution < 1.29 is 14.3 Å². The van der Waals surface area contributed by atoms with Gasteiger partial charge in [0.15, 0.2) is 6.29 Å². The number of hydrogen-bond acceptors (Lipinski definition) is 4. The van der Waals surface area contributed by atoms with Gasteiger partial charge in [0.1, 0.15) is 0 Å². The summed E-state index contributed by atoms with van der Waals surface area (Å²) in [7, 11) is 0. The number of piperazine rings is 1. The first-order valence-electron chi connectivity index (χ1n) is 6.57. The van der Waals surface area contributed by atoms with Crippen LogP contribution in [-0.4, -0.2) is 50.1 Å². The molecule has 2 rings (SSSR count). The molecule has 108 valence electrons. The van der Waals surface area contributed by atoms with Crippen LogP contribution < -0.4 is 4.90 Å². The number of amides is 1. The molecule has 20 heavy (non-hydrogen) atoms. The van der Waals surface area contributed by atoms with Gasteiger partial charge in [0, 0.05) is 42.5 Å². The fourth-order valence-electron chi connectivity index (χ4n) is 2.24. The van der Waals surface area contributed by atoms with Crippen LogP contribution in [0.5, 0.6) is 0 Å². The number of ether oxygens (including phenoxy) is 1. The largest absolute Gasteiger partial charge is 0.450 e. The van der Waals surface area contributed by atoms with Crippen molar-refractivity contribution in [2.24, 2.45) is 0 Å². The maximum absolute atomic E-state index is 11.6. The SMILES string of the molecule is CCOC(=O)N1CCN(c2cc(Cl)ccc2C=O)CC1. The molecule has 1 saturated heterocycles. The van der Waals surface area contributed by atoms with E-state index in [9.17, 15) is 9.59 Å². The number of halogens is 1. The van der Waals surface area contributed by atoms with Crippen molar-refractivity contribution in [2.75, 3.05) is 37.7 Å². The Morgan fingerprint density at radius 3 is 2.65 bits per heavy atom. The quantitative estimate of drug-likeness (QED) is 0.804. The molecule has 1 aromatic carbocycles. The van der Waals surface area contributed by atoms with Crippen molar-refractivity contribution in [3.63, 3.8) is 0 Å². The lowest BCUT2D eigenvalue weighted by molar-refractivity contribution is 0.105. The molecule has 0 saturated carbocycles. The summed E-state index contributed by atoms with van der Waals surface area (Å²) in [4.78, 5) is 26.4. The van der Waals surface area contributed by atoms with Gasteiger partial charge >= 0.3 is 6.09 Å². The van der Waals surface area contributed by atoms with Crippen LogP contribution in [0.15, 0.2) is 18.2 Å². The van der Waals surface area contributed by atoms with Crippen LogP contribution >= 0.6 is 11.6 Å². The highest BCUT2D eigenvalue weighted by molar-refractivity contribution is 6.31. The van der Waals surface area contributed by atoms with Gasteiger partial charge in [0.2, 0.25) is 0 Å². The molecule has 0 bridgehead atoms. The fraction of sp³-hybridized carbons (Fsp3) is 0.429. The van der Waals surface area contributed by atoms with E-state index in [1.807, 2.05) is 0 Å². The Hall–Kier alpha value is -1.75. The fourth-order valence-corrected chi connectivity index (χ4v) is 2.40. The predicted octanol–water partition coefficient (Wildman–Crippen LogP) is 2.43. The molecule has 0 aromatic heterocycles. The third kappa shape index (κ3) is 3.22. The van der Waals surface area contributed by atoms with E-state index in [4.69, 9.17) is 16.3 Å². The number of carbonyl (C=O) groups is 2. The van der Waals surface area contributed by atoms with Crippen LogP contribution in [0.4, 0.5) is 10.5 Å². The summed E-state index contributed by atoms with van der Waals surface area (Å²) in [5.41, 5.74) is 1.43. The highest BCUT2D eigenvalue weighted by Gasteiger charge is 2.23. The standard InChI is InChI=1S/C14H17ClN2O3/c1-2-20-14(19)17-7-5-16(6-8-17)13-9-12(15)4-3-11(13)10-18/h3-4,9-10H,2,5-8H2,1H3. The second kappa shape index (κ2) is 6.61. The van der Waals surface area contributed by atoms with Gasteiger partial charge in [0.25, 0.3) is 0 Å². The summed E-state index contributed by atoms with van der Waals surface area (Å²) in [5.74, 6) is 0. The molecule has 1 aliphatic rings. The van der Waals surface area contributed by atoms with Gasteiger partial charge in [-0.15, -0.1) is 0 Å². The van der Waals surface area contributed by atoms with Gasteiger partial charge < -0.3 is 14.5 Å². The molecular formula is C14H17ClN2O3. The van der Waals surface area contributed by atoms with E-state index in [2.05, 4.69) is 4.90 Å². The first-order valence-corrected chi connectivity index (χ1v) is 6.95. The van der Waals surface area contributed by atoms with Crippen LogP contribution in [0.1, 0.15) is 17.3 Å². The van der Waals surface area contributed by atoms with E-state index in [0.717, 1.165) is 12.0 Å². The van der Waals surface area contributed by atoms with Crippen molar-refractivity contribution in [1.82, 2.24) is 4.90 Å². The number of anilines is 1. The molecule has 1 aromatic rings. The first kappa shape index (κ1) is 14.7. The second-order valence-electron chi connectivity index (χ2n) is 4.49. The molecule has 0 N–H and O–H groups in total. The molecule has 0 unspecified atom stereocenters. The molecule has 5 nitrogen and oxygen atoms in total. The lowest BCUT2D eigenvalue weighted by atomic mass is 10.1. The van der Waals surface area contributed by atoms with Crippen molar-refractivity contribution in [1.29, 1.82) is 0 Å². The third-order valence-corrected chi connectivity index (χ3v) is 3.50. The Kier molecular flexibility index (Phi) is 4.84. The minimum absolute atomic E-state index is 0.283. The Morgan fingerprint density at radius 2 is 2.05 bits per heavy atom. The minimum atomic E-state index is -0.283. The van der Waals surface area contributed by atoms with Crippen molar-refractivity contribution in [3.8, 4) is 0 Å². The van der Waals surface area contributed by atoms with Crippen molar-refractivity contribution in [3.05, 3.63) is 28.8 Å². The molecular weight excluding hydrogens is 280 g/mol. The Balaban J connectivity index is 2.05. The number of benzene rings is 1. The van der Waals surface area contributed by atoms with Crippen LogP contribution in [0.2, 0.25) is 5.02 Å². The van der Waals surface area contributed by atoms with Gasteiger partial charge in [-0.2, -0.15) is 0 Å². The number of nitrogens with zero attached hydrogens (tertiary/aromatic N) is 2. The van der Waals surface area contributed by atoms with Gasteiger partial charge in [-0.1, -0.05) is 11.6 Å². The van der Waals surface area contributed by atoms with E-state index in [0.29, 0.717) is 43.4 Å². The van der Waals surface area contributed by atoms with E-state index in [-0.39, 0.29) is 6.09 Å². The zero-order chi connectivity index (χ0) is 14.5. The average molecular weight is 297 g/mol. The van der Waals surface area contributed by atoms with E-state index >= 15 is 0 Å². The molecule has 0 aliphatic carbocycles. The highest BCUT2D eigenvalue weighted by atomic mass is 35.5. The summed E-state index contributed by atoms with van der Waals surface area (Å²) < 4.78 is 4.98. The predicted molar refractivity (Wildman–Crippen MR) is 77.6 cm³/mol. The minimum Gasteiger partial charge on any atom is -0.450 e. The topological polar surface area (TPSA) is 49.9 Å². The molecule has 0 radical (unpaired) electrons. The van der Waals surface area contributed by atoms with Gasteiger partial charge in [-0.3, -0.25) is 4.79 Å². The monoisotopic (exact) mass is 296 g/mol. The van der Waals surface area contributed by atoms with Gasteiger partial charge in [-0.05, 0) is 25.1 Å². The van der Waals surface area contributed by atoms with Crippen molar-refractivity contribution in [2.45, 2.75) is 6.92 Å². The Labute approximate surface area is 123 Å². The Bertz CT molecular complexity index is 499. The number of aldehydes is 1. The maximum Gasteiger partial charge on any atom is 0.409 e. The molecule has 1 fully saturated rings. The molecule has 1 heterocycles. The van der Waals surface area contributed by atoms with Crippen molar-refractivity contribution >= 4 is 29.7 Å². The van der Waals surface area contributed by atoms with E-state index in [1.54, 1.807) is 30.0 Å². The lowest BCUT2D eigenvalue weighted by Gasteiger charge is -2.36. The van der Waals surface area contributed by atoms with E-state index < -0.39 is 0 Å². The third-order valence-electron chi connectivity index (χ3n) is 3.27. The zero-order valence-electron chi connectivity index (χ0n) is 11.3. The Morgan fingerprint density at radius 1 is 1.35 bits per heavy atom. The number of carbonyl (C=O) groups excluding carboxylic acids is 2. The smallest absolute Gasteiger partial charge is 0.409 e. The molecule has 6 heteroatoms. The van der Waals surface area contributed by atoms with Gasteiger partial charge in [0.05, 0.1) is 6.61 Å². The maximum atomic E-state index is 11.6. The van der Waals surface area contributed by atoms with Crippen LogP contribution in [0.3, 0.4) is 0 Å². The first-order chi connectivity index (χ1) is 9.65. The highest BCUT2D eigenvalue weighted by Crippen LogP contribution is 2.25. The summed E-state index contributed by atoms with van der Waals surface area (Å²) >= 11 is 5.99. The van der Waals surface area contributed by atoms with Crippen LogP contribution in [0, 0.1) is 0 Å². The number of hydrogen-bond donors (Lipinski definition) is 0. The van der Waals surface area contributed by atoms with Crippen LogP contribution in [0.25, 0.3) is 0 Å². The van der Waals surface area contributed by atoms with Crippen LogP contribution in [-0.2, 0) is 4.74 Å². The van der Waals surface area contributed by atoms with E-state index in [1.165, 1.54) is 0 Å². The molecule has 1 amide bonds. The van der Waals surface area contributed by atoms with Gasteiger partial charge in [-0.25, -0.2) is 4.79 Å². The second-order valence-corrected chi connectivity index (χ2v) is 4.93. The summed E-state index contributed by atoms with van der Waals surface area (Å²) in [6, 6.07) is 5.19. The zero-order valence-corrected chi connectivity index (χ0v) is 12.1. The lowest BCUT2D eigenvalue weighted by Crippen LogP contribution is -2.49. The summed E-state index contributed by atoms with van der Waals surface area (Å²) in [6.45, 7) is 4.62. The molecule has 1 aliphatic heterocycles. The number of rotatable bonds is 3. The summed E-state index contributed by atoms with van der Waals surface area (Å²) in [6.07, 6.45) is 0.539. The normalized spacial score (nSPS) is 15.1. The summed E-state index contributed by atoms with van der Waals surface area (Å²) in [5, 5.41) is 0.596. The molecule has 0 spiro atoms.